The van der Waals surface area contributed by atoms with Crippen LogP contribution in [0, 0.1) is 0 Å². The summed E-state index contributed by atoms with van der Waals surface area (Å²) in [6, 6.07) is 17.2. The lowest BCUT2D eigenvalue weighted by Crippen LogP contribution is -2.52. The molecule has 166 valence electrons. The summed E-state index contributed by atoms with van der Waals surface area (Å²) in [7, 11) is 0. The monoisotopic (exact) mass is 440 g/mol. The standard InChI is InChI=1S/C26H33ClN2O2/c1-2-24(26(31)28-23-14-7-4-8-15-23)29(17-16-20-10-5-3-6-11-20)25(30)19-21-12-9-13-22(27)18-21/h3,5-6,9-13,18,23-24H,2,4,7-8,14-17,19H2,1H3,(H,28,31)/t24-/m1/s1. The first-order valence-electron chi connectivity index (χ1n) is 11.4. The third-order valence-electron chi connectivity index (χ3n) is 6.07. The summed E-state index contributed by atoms with van der Waals surface area (Å²) < 4.78 is 0. The van der Waals surface area contributed by atoms with Gasteiger partial charge in [0.05, 0.1) is 6.42 Å². The lowest BCUT2D eigenvalue weighted by Gasteiger charge is -2.33. The second-order valence-electron chi connectivity index (χ2n) is 8.40. The van der Waals surface area contributed by atoms with Crippen molar-refractivity contribution in [2.75, 3.05) is 6.54 Å². The van der Waals surface area contributed by atoms with Crippen LogP contribution in [0.1, 0.15) is 56.6 Å². The molecule has 0 heterocycles. The first-order valence-corrected chi connectivity index (χ1v) is 11.8. The van der Waals surface area contributed by atoms with E-state index in [1.165, 1.54) is 6.42 Å². The fourth-order valence-electron chi connectivity index (χ4n) is 4.36. The predicted octanol–water partition coefficient (Wildman–Crippen LogP) is 5.18. The fourth-order valence-corrected chi connectivity index (χ4v) is 4.58. The molecule has 1 atom stereocenters. The maximum absolute atomic E-state index is 13.3. The van der Waals surface area contributed by atoms with Crippen LogP contribution in [-0.4, -0.2) is 35.3 Å². The van der Waals surface area contributed by atoms with E-state index in [9.17, 15) is 9.59 Å². The van der Waals surface area contributed by atoms with Crippen molar-refractivity contribution in [1.29, 1.82) is 0 Å². The molecule has 31 heavy (non-hydrogen) atoms. The highest BCUT2D eigenvalue weighted by atomic mass is 35.5. The molecule has 0 aromatic heterocycles. The quantitative estimate of drug-likeness (QED) is 0.583. The zero-order valence-electron chi connectivity index (χ0n) is 18.4. The number of amides is 2. The molecule has 2 aromatic rings. The van der Waals surface area contributed by atoms with Gasteiger partial charge in [0.2, 0.25) is 11.8 Å². The normalized spacial score (nSPS) is 15.3. The highest BCUT2D eigenvalue weighted by Crippen LogP contribution is 2.19. The topological polar surface area (TPSA) is 49.4 Å². The molecule has 4 nitrogen and oxygen atoms in total. The first kappa shape index (κ1) is 23.3. The number of rotatable bonds is 9. The Bertz CT molecular complexity index is 849. The van der Waals surface area contributed by atoms with Crippen molar-refractivity contribution in [3.05, 3.63) is 70.7 Å². The summed E-state index contributed by atoms with van der Waals surface area (Å²) >= 11 is 6.11. The van der Waals surface area contributed by atoms with Crippen LogP contribution >= 0.6 is 11.6 Å². The number of hydrogen-bond donors (Lipinski definition) is 1. The zero-order chi connectivity index (χ0) is 22.1. The van der Waals surface area contributed by atoms with Crippen LogP contribution in [0.15, 0.2) is 54.6 Å². The van der Waals surface area contributed by atoms with Crippen LogP contribution in [0.3, 0.4) is 0 Å². The van der Waals surface area contributed by atoms with Gasteiger partial charge in [-0.05, 0) is 48.9 Å². The number of halogens is 1. The largest absolute Gasteiger partial charge is 0.352 e. The zero-order valence-corrected chi connectivity index (χ0v) is 19.1. The minimum atomic E-state index is -0.461. The number of nitrogens with zero attached hydrogens (tertiary/aromatic N) is 1. The molecule has 1 N–H and O–H groups in total. The number of carbonyl (C=O) groups excluding carboxylic acids is 2. The highest BCUT2D eigenvalue weighted by molar-refractivity contribution is 6.30. The number of nitrogens with one attached hydrogen (secondary N) is 1. The molecule has 0 spiro atoms. The predicted molar refractivity (Wildman–Crippen MR) is 126 cm³/mol. The SMILES string of the molecule is CC[C@H](C(=O)NC1CCCCC1)N(CCc1ccccc1)C(=O)Cc1cccc(Cl)c1. The van der Waals surface area contributed by atoms with Crippen molar-refractivity contribution < 1.29 is 9.59 Å². The summed E-state index contributed by atoms with van der Waals surface area (Å²) in [5, 5.41) is 3.84. The van der Waals surface area contributed by atoms with Gasteiger partial charge in [-0.1, -0.05) is 80.3 Å². The maximum Gasteiger partial charge on any atom is 0.243 e. The molecule has 1 aliphatic carbocycles. The smallest absolute Gasteiger partial charge is 0.243 e. The van der Waals surface area contributed by atoms with Gasteiger partial charge in [0, 0.05) is 17.6 Å². The summed E-state index contributed by atoms with van der Waals surface area (Å²) in [5.74, 6) is -0.0641. The van der Waals surface area contributed by atoms with Crippen molar-refractivity contribution in [3.63, 3.8) is 0 Å². The van der Waals surface area contributed by atoms with E-state index in [1.54, 1.807) is 11.0 Å². The Morgan fingerprint density at radius 2 is 1.74 bits per heavy atom. The number of hydrogen-bond acceptors (Lipinski definition) is 2. The lowest BCUT2D eigenvalue weighted by atomic mass is 9.95. The third kappa shape index (κ3) is 7.10. The maximum atomic E-state index is 13.3. The molecule has 0 saturated heterocycles. The van der Waals surface area contributed by atoms with E-state index < -0.39 is 6.04 Å². The third-order valence-corrected chi connectivity index (χ3v) is 6.30. The fraction of sp³-hybridized carbons (Fsp3) is 0.462. The molecule has 0 bridgehead atoms. The first-order chi connectivity index (χ1) is 15.1. The van der Waals surface area contributed by atoms with Gasteiger partial charge < -0.3 is 10.2 Å². The van der Waals surface area contributed by atoms with E-state index in [-0.39, 0.29) is 24.3 Å². The average molecular weight is 441 g/mol. The molecule has 0 aliphatic heterocycles. The number of benzene rings is 2. The molecule has 0 radical (unpaired) electrons. The Hall–Kier alpha value is -2.33. The van der Waals surface area contributed by atoms with Crippen molar-refractivity contribution in [1.82, 2.24) is 10.2 Å². The second-order valence-corrected chi connectivity index (χ2v) is 8.83. The van der Waals surface area contributed by atoms with Crippen LogP contribution in [0.5, 0.6) is 0 Å². The Kier molecular flexibility index (Phi) is 8.96. The van der Waals surface area contributed by atoms with Gasteiger partial charge in [0.15, 0.2) is 0 Å². The Labute approximate surface area is 191 Å². The van der Waals surface area contributed by atoms with Gasteiger partial charge in [0.1, 0.15) is 6.04 Å². The van der Waals surface area contributed by atoms with Crippen LogP contribution in [-0.2, 0) is 22.4 Å². The molecule has 0 unspecified atom stereocenters. The minimum absolute atomic E-state index is 0.0260. The van der Waals surface area contributed by atoms with Crippen LogP contribution in [0.25, 0.3) is 0 Å². The van der Waals surface area contributed by atoms with E-state index in [1.807, 2.05) is 43.3 Å². The van der Waals surface area contributed by atoms with Gasteiger partial charge >= 0.3 is 0 Å². The molecule has 1 aliphatic rings. The summed E-state index contributed by atoms with van der Waals surface area (Å²) in [5.41, 5.74) is 2.02. The van der Waals surface area contributed by atoms with Gasteiger partial charge in [0.25, 0.3) is 0 Å². The van der Waals surface area contributed by atoms with Crippen LogP contribution in [0.2, 0.25) is 5.02 Å². The molecular formula is C26H33ClN2O2. The van der Waals surface area contributed by atoms with E-state index >= 15 is 0 Å². The van der Waals surface area contributed by atoms with E-state index in [4.69, 9.17) is 11.6 Å². The van der Waals surface area contributed by atoms with E-state index in [2.05, 4.69) is 17.4 Å². The lowest BCUT2D eigenvalue weighted by molar-refractivity contribution is -0.140. The average Bonchev–Trinajstić information content (AvgIpc) is 2.78. The molecule has 1 fully saturated rings. The molecule has 2 amide bonds. The van der Waals surface area contributed by atoms with Gasteiger partial charge in [-0.15, -0.1) is 0 Å². The second kappa shape index (κ2) is 11.9. The van der Waals surface area contributed by atoms with Crippen LogP contribution in [0.4, 0.5) is 0 Å². The number of carbonyl (C=O) groups is 2. The molecule has 3 rings (SSSR count). The van der Waals surface area contributed by atoms with Gasteiger partial charge in [-0.3, -0.25) is 9.59 Å². The Balaban J connectivity index is 1.74. The van der Waals surface area contributed by atoms with Crippen LogP contribution < -0.4 is 5.32 Å². The van der Waals surface area contributed by atoms with Crippen molar-refractivity contribution in [2.24, 2.45) is 0 Å². The van der Waals surface area contributed by atoms with E-state index in [0.29, 0.717) is 18.0 Å². The minimum Gasteiger partial charge on any atom is -0.352 e. The summed E-state index contributed by atoms with van der Waals surface area (Å²) in [6.07, 6.45) is 7.17. The van der Waals surface area contributed by atoms with Crippen molar-refractivity contribution >= 4 is 23.4 Å². The molecule has 5 heteroatoms. The Morgan fingerprint density at radius 3 is 2.42 bits per heavy atom. The van der Waals surface area contributed by atoms with Gasteiger partial charge in [-0.2, -0.15) is 0 Å². The van der Waals surface area contributed by atoms with E-state index in [0.717, 1.165) is 43.2 Å². The van der Waals surface area contributed by atoms with Gasteiger partial charge in [-0.25, -0.2) is 0 Å². The molecular weight excluding hydrogens is 408 g/mol. The summed E-state index contributed by atoms with van der Waals surface area (Å²) in [6.45, 7) is 2.49. The molecule has 2 aromatic carbocycles. The van der Waals surface area contributed by atoms with Crippen molar-refractivity contribution in [3.8, 4) is 0 Å². The highest BCUT2D eigenvalue weighted by Gasteiger charge is 2.30. The van der Waals surface area contributed by atoms with Crippen molar-refractivity contribution in [2.45, 2.75) is 70.4 Å². The molecule has 1 saturated carbocycles. The summed E-state index contributed by atoms with van der Waals surface area (Å²) in [4.78, 5) is 28.3. The Morgan fingerprint density at radius 1 is 1.03 bits per heavy atom.